The van der Waals surface area contributed by atoms with Crippen LogP contribution in [0.3, 0.4) is 0 Å². The highest BCUT2D eigenvalue weighted by Crippen LogP contribution is 2.38. The van der Waals surface area contributed by atoms with Gasteiger partial charge in [0.2, 0.25) is 0 Å². The van der Waals surface area contributed by atoms with Crippen molar-refractivity contribution in [1.82, 2.24) is 4.98 Å². The molecule has 2 aliphatic rings. The van der Waals surface area contributed by atoms with Crippen LogP contribution in [0.1, 0.15) is 20.9 Å². The molecule has 0 aliphatic carbocycles. The molecule has 0 spiro atoms. The van der Waals surface area contributed by atoms with E-state index in [1.807, 2.05) is 66.0 Å². The number of fused-ring (bicyclic) bond motifs is 2. The number of nitrogens with one attached hydrogen (secondary N) is 2. The summed E-state index contributed by atoms with van der Waals surface area (Å²) in [5.74, 6) is 1.95. The second-order valence-corrected chi connectivity index (χ2v) is 12.0. The summed E-state index contributed by atoms with van der Waals surface area (Å²) in [4.78, 5) is 19.8. The Morgan fingerprint density at radius 3 is 2.48 bits per heavy atom. The van der Waals surface area contributed by atoms with Crippen LogP contribution < -0.4 is 29.7 Å². The summed E-state index contributed by atoms with van der Waals surface area (Å²) in [5.41, 5.74) is 7.01. The number of carbonyl (C=O) groups excluding carboxylic acids is 1. The zero-order chi connectivity index (χ0) is 31.3. The first-order valence-electron chi connectivity index (χ1n) is 15.2. The highest BCUT2D eigenvalue weighted by Gasteiger charge is 2.20. The Balaban J connectivity index is 1.01. The molecule has 2 aliphatic heterocycles. The fraction of sp³-hybridized carbons (Fsp3) is 0.222. The van der Waals surface area contributed by atoms with Crippen molar-refractivity contribution in [1.29, 1.82) is 0 Å². The van der Waals surface area contributed by atoms with Crippen LogP contribution in [0.25, 0.3) is 11.1 Å². The van der Waals surface area contributed by atoms with Gasteiger partial charge in [0.1, 0.15) is 17.4 Å². The van der Waals surface area contributed by atoms with Crippen LogP contribution in [0.15, 0.2) is 90.4 Å². The second-order valence-electron chi connectivity index (χ2n) is 11.0. The average molecular weight is 635 g/mol. The van der Waals surface area contributed by atoms with Gasteiger partial charge in [-0.05, 0) is 77.4 Å². The minimum Gasteiger partial charge on any atom is -0.493 e. The van der Waals surface area contributed by atoms with Crippen molar-refractivity contribution in [3.63, 3.8) is 0 Å². The molecule has 0 bridgehead atoms. The number of thiazole rings is 1. The lowest BCUT2D eigenvalue weighted by Gasteiger charge is -2.28. The van der Waals surface area contributed by atoms with Gasteiger partial charge in [-0.1, -0.05) is 18.2 Å². The Hall–Kier alpha value is -5.06. The Bertz CT molecular complexity index is 1820. The molecule has 7 rings (SSSR count). The number of morpholine rings is 1. The van der Waals surface area contributed by atoms with E-state index in [9.17, 15) is 4.79 Å². The predicted molar refractivity (Wildman–Crippen MR) is 181 cm³/mol. The van der Waals surface area contributed by atoms with Crippen LogP contribution in [-0.2, 0) is 17.8 Å². The Morgan fingerprint density at radius 1 is 0.848 bits per heavy atom. The van der Waals surface area contributed by atoms with E-state index in [4.69, 9.17) is 18.9 Å². The number of nitrogens with zero attached hydrogens (tertiary/aromatic N) is 2. The monoisotopic (exact) mass is 634 g/mol. The molecule has 5 aromatic rings. The third kappa shape index (κ3) is 6.63. The summed E-state index contributed by atoms with van der Waals surface area (Å²) in [6.07, 6.45) is 2.47. The first-order valence-corrected chi connectivity index (χ1v) is 16.1. The van der Waals surface area contributed by atoms with Crippen molar-refractivity contribution in [3.05, 3.63) is 107 Å². The van der Waals surface area contributed by atoms with Gasteiger partial charge in [-0.3, -0.25) is 4.79 Å². The van der Waals surface area contributed by atoms with E-state index in [2.05, 4.69) is 38.7 Å². The number of benzene rings is 4. The van der Waals surface area contributed by atoms with Gasteiger partial charge in [0.25, 0.3) is 5.91 Å². The number of aromatic nitrogens is 1. The summed E-state index contributed by atoms with van der Waals surface area (Å²) >= 11 is 1.55. The van der Waals surface area contributed by atoms with E-state index in [1.165, 1.54) is 5.69 Å². The number of anilines is 4. The SMILES string of the molecule is COc1cc(-c2ccc3c(c2)Nc2ccc(CCOc4ccc(N5CCOCC5)cc4)cc2NC3=O)ccc1OCc1nccs1. The third-order valence-corrected chi connectivity index (χ3v) is 8.82. The number of rotatable bonds is 10. The molecule has 1 aromatic heterocycles. The fourth-order valence-corrected chi connectivity index (χ4v) is 6.14. The predicted octanol–water partition coefficient (Wildman–Crippen LogP) is 7.17. The molecule has 9 nitrogen and oxygen atoms in total. The minimum atomic E-state index is -0.162. The zero-order valence-electron chi connectivity index (χ0n) is 25.5. The molecule has 1 saturated heterocycles. The van der Waals surface area contributed by atoms with E-state index in [0.29, 0.717) is 36.7 Å². The van der Waals surface area contributed by atoms with E-state index in [1.54, 1.807) is 24.6 Å². The molecule has 4 aromatic carbocycles. The van der Waals surface area contributed by atoms with Crippen LogP contribution in [0.2, 0.25) is 0 Å². The molecule has 1 fully saturated rings. The quantitative estimate of drug-likeness (QED) is 0.167. The topological polar surface area (TPSA) is 94.2 Å². The van der Waals surface area contributed by atoms with Gasteiger partial charge in [-0.25, -0.2) is 4.98 Å². The number of hydrogen-bond donors (Lipinski definition) is 2. The maximum Gasteiger partial charge on any atom is 0.257 e. The number of methoxy groups -OCH3 is 1. The van der Waals surface area contributed by atoms with Crippen LogP contribution in [0, 0.1) is 0 Å². The van der Waals surface area contributed by atoms with Gasteiger partial charge < -0.3 is 34.5 Å². The maximum atomic E-state index is 13.3. The Kier molecular flexibility index (Phi) is 8.71. The molecule has 3 heterocycles. The van der Waals surface area contributed by atoms with Crippen molar-refractivity contribution < 1.29 is 23.7 Å². The third-order valence-electron chi connectivity index (χ3n) is 8.07. The Labute approximate surface area is 271 Å². The first-order chi connectivity index (χ1) is 22.6. The highest BCUT2D eigenvalue weighted by molar-refractivity contribution is 7.09. The van der Waals surface area contributed by atoms with E-state index < -0.39 is 0 Å². The van der Waals surface area contributed by atoms with Gasteiger partial charge in [-0.2, -0.15) is 0 Å². The molecular weight excluding hydrogens is 600 g/mol. The van der Waals surface area contributed by atoms with Crippen molar-refractivity contribution in [2.24, 2.45) is 0 Å². The lowest BCUT2D eigenvalue weighted by Crippen LogP contribution is -2.36. The zero-order valence-corrected chi connectivity index (χ0v) is 26.3. The lowest BCUT2D eigenvalue weighted by atomic mass is 10.0. The molecule has 0 unspecified atom stereocenters. The Morgan fingerprint density at radius 2 is 1.67 bits per heavy atom. The van der Waals surface area contributed by atoms with Crippen molar-refractivity contribution in [2.45, 2.75) is 13.0 Å². The van der Waals surface area contributed by atoms with Gasteiger partial charge in [0.15, 0.2) is 11.5 Å². The summed E-state index contributed by atoms with van der Waals surface area (Å²) < 4.78 is 23.1. The lowest BCUT2D eigenvalue weighted by molar-refractivity contribution is 0.102. The molecule has 0 saturated carbocycles. The molecule has 0 radical (unpaired) electrons. The van der Waals surface area contributed by atoms with Crippen LogP contribution in [-0.4, -0.2) is 50.9 Å². The molecular formula is C36H34N4O5S. The first kappa shape index (κ1) is 29.6. The number of hydrogen-bond acceptors (Lipinski definition) is 9. The van der Waals surface area contributed by atoms with Gasteiger partial charge in [0, 0.05) is 36.8 Å². The normalized spacial score (nSPS) is 13.9. The van der Waals surface area contributed by atoms with E-state index >= 15 is 0 Å². The minimum absolute atomic E-state index is 0.162. The van der Waals surface area contributed by atoms with Crippen molar-refractivity contribution >= 4 is 40.0 Å². The van der Waals surface area contributed by atoms with E-state index in [0.717, 1.165) is 70.8 Å². The van der Waals surface area contributed by atoms with Gasteiger partial charge >= 0.3 is 0 Å². The average Bonchev–Trinajstić information content (AvgIpc) is 3.58. The fourth-order valence-electron chi connectivity index (χ4n) is 5.61. The number of carbonyl (C=O) groups is 1. The summed E-state index contributed by atoms with van der Waals surface area (Å²) in [5, 5.41) is 9.37. The summed E-state index contributed by atoms with van der Waals surface area (Å²) in [6.45, 7) is 4.24. The summed E-state index contributed by atoms with van der Waals surface area (Å²) in [6, 6.07) is 25.9. The van der Waals surface area contributed by atoms with Crippen LogP contribution in [0.5, 0.6) is 17.2 Å². The van der Waals surface area contributed by atoms with Gasteiger partial charge in [0.05, 0.1) is 49.6 Å². The summed E-state index contributed by atoms with van der Waals surface area (Å²) in [7, 11) is 1.62. The highest BCUT2D eigenvalue weighted by atomic mass is 32.1. The molecule has 46 heavy (non-hydrogen) atoms. The van der Waals surface area contributed by atoms with Crippen molar-refractivity contribution in [3.8, 4) is 28.4 Å². The molecule has 0 atom stereocenters. The van der Waals surface area contributed by atoms with Crippen molar-refractivity contribution in [2.75, 3.05) is 55.6 Å². The van der Waals surface area contributed by atoms with E-state index in [-0.39, 0.29) is 5.91 Å². The molecule has 2 N–H and O–H groups in total. The number of ether oxygens (including phenoxy) is 4. The maximum absolute atomic E-state index is 13.3. The van der Waals surface area contributed by atoms with Crippen LogP contribution >= 0.6 is 11.3 Å². The standard InChI is InChI=1S/C36H34N4O5S/c1-42-34-22-26(4-11-33(34)45-23-35-37-13-19-46-35)25-3-9-29-31(21-25)38-30-10-2-24(20-32(30)39-36(29)41)12-16-44-28-7-5-27(6-8-28)40-14-17-43-18-15-40/h2-11,13,19-22,38H,12,14-18,23H2,1H3,(H,39,41). The smallest absolute Gasteiger partial charge is 0.257 e. The number of amides is 1. The molecule has 234 valence electrons. The largest absolute Gasteiger partial charge is 0.493 e. The molecule has 1 amide bonds. The second kappa shape index (κ2) is 13.5. The van der Waals surface area contributed by atoms with Crippen LogP contribution in [0.4, 0.5) is 22.7 Å². The van der Waals surface area contributed by atoms with Gasteiger partial charge in [-0.15, -0.1) is 11.3 Å². The molecule has 10 heteroatoms.